The Hall–Kier alpha value is -3.32. The molecule has 0 aliphatic carbocycles. The van der Waals surface area contributed by atoms with E-state index >= 15 is 0 Å². The quantitative estimate of drug-likeness (QED) is 0.604. The Morgan fingerprint density at radius 3 is 2.12 bits per heavy atom. The van der Waals surface area contributed by atoms with Crippen molar-refractivity contribution in [2.75, 3.05) is 56.6 Å². The van der Waals surface area contributed by atoms with E-state index in [-0.39, 0.29) is 17.7 Å². The van der Waals surface area contributed by atoms with Crippen LogP contribution in [0.15, 0.2) is 54.2 Å². The second kappa shape index (κ2) is 10.3. The molecule has 0 radical (unpaired) electrons. The standard InChI is InChI=1S/C27H34N4O3/c1-5-29-14-16-30(17-15-29)22-10-8-21(9-11-22)28-25-24(20-6-12-23(34-4)13-7-20)26(32)31(27(25)33)18-19(2)3/h6-13,19,28H,5,14-18H2,1-4H3. The molecule has 0 saturated carbocycles. The summed E-state index contributed by atoms with van der Waals surface area (Å²) in [6.45, 7) is 11.8. The predicted octanol–water partition coefficient (Wildman–Crippen LogP) is 3.69. The van der Waals surface area contributed by atoms with Crippen LogP contribution in [0.2, 0.25) is 0 Å². The molecular weight excluding hydrogens is 428 g/mol. The fourth-order valence-electron chi connectivity index (χ4n) is 4.47. The van der Waals surface area contributed by atoms with E-state index in [0.29, 0.717) is 29.1 Å². The maximum atomic E-state index is 13.3. The molecule has 1 fully saturated rings. The van der Waals surface area contributed by atoms with Gasteiger partial charge in [-0.2, -0.15) is 0 Å². The number of hydrogen-bond donors (Lipinski definition) is 1. The van der Waals surface area contributed by atoms with Crippen LogP contribution in [-0.2, 0) is 9.59 Å². The summed E-state index contributed by atoms with van der Waals surface area (Å²) in [5.74, 6) is 0.322. The Labute approximate surface area is 202 Å². The normalized spacial score (nSPS) is 17.2. The van der Waals surface area contributed by atoms with Crippen LogP contribution in [0, 0.1) is 5.92 Å². The molecule has 0 aromatic heterocycles. The Balaban J connectivity index is 1.59. The fraction of sp³-hybridized carbons (Fsp3) is 0.407. The van der Waals surface area contributed by atoms with Crippen LogP contribution in [0.3, 0.4) is 0 Å². The number of hydrogen-bond acceptors (Lipinski definition) is 6. The molecule has 2 aromatic carbocycles. The Morgan fingerprint density at radius 1 is 0.912 bits per heavy atom. The smallest absolute Gasteiger partial charge is 0.278 e. The fourth-order valence-corrected chi connectivity index (χ4v) is 4.47. The summed E-state index contributed by atoms with van der Waals surface area (Å²) < 4.78 is 5.25. The SMILES string of the molecule is CCN1CCN(c2ccc(NC3=C(c4ccc(OC)cc4)C(=O)N(CC(C)C)C3=O)cc2)CC1. The molecule has 34 heavy (non-hydrogen) atoms. The number of nitrogens with zero attached hydrogens (tertiary/aromatic N) is 3. The van der Waals surface area contributed by atoms with E-state index in [1.807, 2.05) is 38.1 Å². The molecule has 7 nitrogen and oxygen atoms in total. The summed E-state index contributed by atoms with van der Waals surface area (Å²) in [6.07, 6.45) is 0. The first-order chi connectivity index (χ1) is 16.4. The number of imide groups is 1. The lowest BCUT2D eigenvalue weighted by Gasteiger charge is -2.35. The van der Waals surface area contributed by atoms with Crippen LogP contribution in [0.1, 0.15) is 26.3 Å². The summed E-state index contributed by atoms with van der Waals surface area (Å²) in [6, 6.07) is 15.3. The molecular formula is C27H34N4O3. The van der Waals surface area contributed by atoms with E-state index in [1.165, 1.54) is 10.6 Å². The number of nitrogens with one attached hydrogen (secondary N) is 1. The van der Waals surface area contributed by atoms with E-state index < -0.39 is 0 Å². The molecule has 0 unspecified atom stereocenters. The van der Waals surface area contributed by atoms with E-state index in [1.54, 1.807) is 19.2 Å². The average Bonchev–Trinajstić information content (AvgIpc) is 3.08. The van der Waals surface area contributed by atoms with Gasteiger partial charge in [0.25, 0.3) is 11.8 Å². The molecule has 2 aromatic rings. The van der Waals surface area contributed by atoms with E-state index in [4.69, 9.17) is 4.74 Å². The highest BCUT2D eigenvalue weighted by Crippen LogP contribution is 2.32. The van der Waals surface area contributed by atoms with Gasteiger partial charge in [0.15, 0.2) is 0 Å². The van der Waals surface area contributed by atoms with Crippen LogP contribution in [0.25, 0.3) is 5.57 Å². The van der Waals surface area contributed by atoms with Crippen molar-refractivity contribution < 1.29 is 14.3 Å². The number of carbonyl (C=O) groups is 2. The van der Waals surface area contributed by atoms with Crippen molar-refractivity contribution in [3.05, 3.63) is 59.8 Å². The second-order valence-electron chi connectivity index (χ2n) is 9.19. The lowest BCUT2D eigenvalue weighted by Crippen LogP contribution is -2.46. The van der Waals surface area contributed by atoms with E-state index in [9.17, 15) is 9.59 Å². The van der Waals surface area contributed by atoms with Crippen LogP contribution in [0.4, 0.5) is 11.4 Å². The summed E-state index contributed by atoms with van der Waals surface area (Å²) in [4.78, 5) is 32.7. The molecule has 1 N–H and O–H groups in total. The van der Waals surface area contributed by atoms with Crippen molar-refractivity contribution >= 4 is 28.8 Å². The summed E-state index contributed by atoms with van der Waals surface area (Å²) in [5.41, 5.74) is 3.36. The minimum Gasteiger partial charge on any atom is -0.497 e. The Morgan fingerprint density at radius 2 is 1.56 bits per heavy atom. The van der Waals surface area contributed by atoms with Crippen molar-refractivity contribution in [1.29, 1.82) is 0 Å². The summed E-state index contributed by atoms with van der Waals surface area (Å²) in [7, 11) is 1.60. The maximum Gasteiger partial charge on any atom is 0.278 e. The molecule has 4 rings (SSSR count). The summed E-state index contributed by atoms with van der Waals surface area (Å²) in [5, 5.41) is 3.26. The molecule has 2 aliphatic rings. The Kier molecular flexibility index (Phi) is 7.22. The minimum atomic E-state index is -0.288. The average molecular weight is 463 g/mol. The lowest BCUT2D eigenvalue weighted by molar-refractivity contribution is -0.137. The highest BCUT2D eigenvalue weighted by molar-refractivity contribution is 6.36. The first-order valence-corrected chi connectivity index (χ1v) is 12.0. The number of ether oxygens (including phenoxy) is 1. The van der Waals surface area contributed by atoms with Gasteiger partial charge < -0.3 is 19.9 Å². The van der Waals surface area contributed by atoms with Gasteiger partial charge in [0.1, 0.15) is 11.4 Å². The van der Waals surface area contributed by atoms with Gasteiger partial charge in [-0.15, -0.1) is 0 Å². The number of anilines is 2. The monoisotopic (exact) mass is 462 g/mol. The first-order valence-electron chi connectivity index (χ1n) is 12.0. The van der Waals surface area contributed by atoms with Crippen molar-refractivity contribution in [1.82, 2.24) is 9.80 Å². The molecule has 2 aliphatic heterocycles. The van der Waals surface area contributed by atoms with Crippen molar-refractivity contribution in [3.63, 3.8) is 0 Å². The zero-order valence-corrected chi connectivity index (χ0v) is 20.5. The van der Waals surface area contributed by atoms with Crippen LogP contribution >= 0.6 is 0 Å². The van der Waals surface area contributed by atoms with Crippen molar-refractivity contribution in [2.24, 2.45) is 5.92 Å². The molecule has 1 saturated heterocycles. The minimum absolute atomic E-state index is 0.178. The van der Waals surface area contributed by atoms with Gasteiger partial charge in [-0.05, 0) is 54.4 Å². The maximum absolute atomic E-state index is 13.3. The van der Waals surface area contributed by atoms with Gasteiger partial charge in [-0.3, -0.25) is 14.5 Å². The zero-order valence-electron chi connectivity index (χ0n) is 20.5. The third-order valence-corrected chi connectivity index (χ3v) is 6.42. The summed E-state index contributed by atoms with van der Waals surface area (Å²) >= 11 is 0. The molecule has 7 heteroatoms. The molecule has 2 heterocycles. The molecule has 2 amide bonds. The van der Waals surface area contributed by atoms with Gasteiger partial charge in [-0.1, -0.05) is 32.9 Å². The number of rotatable bonds is 8. The number of piperazine rings is 1. The molecule has 0 atom stereocenters. The van der Waals surface area contributed by atoms with Gasteiger partial charge in [-0.25, -0.2) is 0 Å². The largest absolute Gasteiger partial charge is 0.497 e. The van der Waals surface area contributed by atoms with Crippen LogP contribution < -0.4 is 15.0 Å². The number of amides is 2. The van der Waals surface area contributed by atoms with Gasteiger partial charge >= 0.3 is 0 Å². The third-order valence-electron chi connectivity index (χ3n) is 6.42. The number of likely N-dealkylation sites (N-methyl/N-ethyl adjacent to an activating group) is 1. The predicted molar refractivity (Wildman–Crippen MR) is 136 cm³/mol. The van der Waals surface area contributed by atoms with Crippen molar-refractivity contribution in [3.8, 4) is 5.75 Å². The third kappa shape index (κ3) is 4.94. The number of carbonyl (C=O) groups excluding carboxylic acids is 2. The van der Waals surface area contributed by atoms with Gasteiger partial charge in [0.2, 0.25) is 0 Å². The van der Waals surface area contributed by atoms with Crippen LogP contribution in [-0.4, -0.2) is 68.0 Å². The zero-order chi connectivity index (χ0) is 24.2. The topological polar surface area (TPSA) is 65.1 Å². The number of benzene rings is 2. The van der Waals surface area contributed by atoms with Crippen molar-refractivity contribution in [2.45, 2.75) is 20.8 Å². The highest BCUT2D eigenvalue weighted by Gasteiger charge is 2.39. The molecule has 0 bridgehead atoms. The van der Waals surface area contributed by atoms with Crippen LogP contribution in [0.5, 0.6) is 5.75 Å². The first kappa shape index (κ1) is 23.8. The van der Waals surface area contributed by atoms with E-state index in [2.05, 4.69) is 34.2 Å². The highest BCUT2D eigenvalue weighted by atomic mass is 16.5. The Bertz CT molecular complexity index is 1050. The lowest BCUT2D eigenvalue weighted by atomic mass is 10.0. The second-order valence-corrected chi connectivity index (χ2v) is 9.19. The van der Waals surface area contributed by atoms with Gasteiger partial charge in [0.05, 0.1) is 12.7 Å². The molecule has 180 valence electrons. The number of methoxy groups -OCH3 is 1. The molecule has 0 spiro atoms. The van der Waals surface area contributed by atoms with E-state index in [0.717, 1.165) is 38.4 Å². The van der Waals surface area contributed by atoms with Gasteiger partial charge in [0, 0.05) is 44.1 Å².